The maximum Gasteiger partial charge on any atom is 0.295 e. The molecular formula is C19H17Cl2N3O4. The number of halogens is 2. The van der Waals surface area contributed by atoms with Crippen LogP contribution in [0, 0.1) is 10.1 Å². The van der Waals surface area contributed by atoms with Gasteiger partial charge >= 0.3 is 0 Å². The van der Waals surface area contributed by atoms with Crippen LogP contribution in [0.4, 0.5) is 0 Å². The van der Waals surface area contributed by atoms with Gasteiger partial charge < -0.3 is 14.1 Å². The highest BCUT2D eigenvalue weighted by Gasteiger charge is 2.38. The van der Waals surface area contributed by atoms with Gasteiger partial charge in [-0.2, -0.15) is 0 Å². The predicted molar refractivity (Wildman–Crippen MR) is 105 cm³/mol. The second kappa shape index (κ2) is 8.50. The van der Waals surface area contributed by atoms with Crippen molar-refractivity contribution in [3.63, 3.8) is 0 Å². The number of hydrogen-bond donors (Lipinski definition) is 0. The Morgan fingerprint density at radius 2 is 1.93 bits per heavy atom. The van der Waals surface area contributed by atoms with Gasteiger partial charge in [0.15, 0.2) is 5.60 Å². The lowest BCUT2D eigenvalue weighted by Crippen LogP contribution is -2.39. The zero-order valence-electron chi connectivity index (χ0n) is 14.9. The molecule has 9 heteroatoms. The Bertz CT molecular complexity index is 948. The van der Waals surface area contributed by atoms with Crippen molar-refractivity contribution in [2.24, 2.45) is 0 Å². The second-order valence-corrected chi connectivity index (χ2v) is 7.01. The highest BCUT2D eigenvalue weighted by atomic mass is 35.5. The van der Waals surface area contributed by atoms with Crippen molar-refractivity contribution in [2.75, 3.05) is 7.11 Å². The first-order valence-corrected chi connectivity index (χ1v) is 9.05. The lowest BCUT2D eigenvalue weighted by molar-refractivity contribution is -0.785. The van der Waals surface area contributed by atoms with Gasteiger partial charge in [-0.25, -0.2) is 4.98 Å². The Kier molecular flexibility index (Phi) is 6.06. The summed E-state index contributed by atoms with van der Waals surface area (Å²) in [5.74, 6) is 0.635. The molecule has 0 amide bonds. The minimum Gasteiger partial charge on any atom is -0.497 e. The van der Waals surface area contributed by atoms with Gasteiger partial charge in [-0.1, -0.05) is 41.4 Å². The number of imidazole rings is 1. The molecule has 0 radical (unpaired) electrons. The van der Waals surface area contributed by atoms with Gasteiger partial charge in [-0.15, -0.1) is 10.1 Å². The molecule has 0 fully saturated rings. The van der Waals surface area contributed by atoms with Crippen molar-refractivity contribution in [2.45, 2.75) is 18.6 Å². The average molecular weight is 422 g/mol. The predicted octanol–water partition coefficient (Wildman–Crippen LogP) is 4.55. The third-order valence-corrected chi connectivity index (χ3v) is 5.08. The zero-order chi connectivity index (χ0) is 20.1. The average Bonchev–Trinajstić information content (AvgIpc) is 3.17. The molecule has 3 aromatic rings. The maximum atomic E-state index is 11.4. The minimum atomic E-state index is -1.31. The van der Waals surface area contributed by atoms with E-state index in [2.05, 4.69) is 4.98 Å². The Morgan fingerprint density at radius 1 is 1.18 bits per heavy atom. The quantitative estimate of drug-likeness (QED) is 0.393. The fraction of sp³-hybridized carbons (Fsp3) is 0.211. The lowest BCUT2D eigenvalue weighted by Gasteiger charge is -2.32. The summed E-state index contributed by atoms with van der Waals surface area (Å²) in [7, 11) is 1.55. The molecule has 3 rings (SSSR count). The van der Waals surface area contributed by atoms with Crippen LogP contribution in [-0.2, 0) is 23.4 Å². The number of nitrogens with zero attached hydrogens (tertiary/aromatic N) is 3. The molecule has 28 heavy (non-hydrogen) atoms. The largest absolute Gasteiger partial charge is 0.497 e. The summed E-state index contributed by atoms with van der Waals surface area (Å²) in [6, 6.07) is 12.1. The molecule has 146 valence electrons. The SMILES string of the molecule is COc1ccc(C(Cc2ccc(Cl)c(Cl)c2)(Cn2ccnc2)O[N+](=O)[O-])cc1. The van der Waals surface area contributed by atoms with Gasteiger partial charge in [-0.05, 0) is 35.4 Å². The van der Waals surface area contributed by atoms with E-state index < -0.39 is 10.7 Å². The van der Waals surface area contributed by atoms with Crippen molar-refractivity contribution in [1.29, 1.82) is 0 Å². The summed E-state index contributed by atoms with van der Waals surface area (Å²) in [5, 5.41) is 11.4. The number of benzene rings is 2. The van der Waals surface area contributed by atoms with Crippen molar-refractivity contribution < 1.29 is 14.7 Å². The Labute approximate surface area is 171 Å². The minimum absolute atomic E-state index is 0.167. The first-order chi connectivity index (χ1) is 13.4. The second-order valence-electron chi connectivity index (χ2n) is 6.20. The van der Waals surface area contributed by atoms with E-state index >= 15 is 0 Å². The highest BCUT2D eigenvalue weighted by molar-refractivity contribution is 6.42. The summed E-state index contributed by atoms with van der Waals surface area (Å²) in [6.45, 7) is 0.167. The fourth-order valence-electron chi connectivity index (χ4n) is 3.06. The van der Waals surface area contributed by atoms with Gasteiger partial charge in [0.25, 0.3) is 5.09 Å². The number of hydrogen-bond acceptors (Lipinski definition) is 5. The summed E-state index contributed by atoms with van der Waals surface area (Å²) < 4.78 is 6.92. The van der Waals surface area contributed by atoms with Crippen molar-refractivity contribution in [3.05, 3.63) is 92.5 Å². The topological polar surface area (TPSA) is 79.4 Å². The van der Waals surface area contributed by atoms with Crippen LogP contribution in [-0.4, -0.2) is 21.7 Å². The smallest absolute Gasteiger partial charge is 0.295 e. The van der Waals surface area contributed by atoms with Gasteiger partial charge in [0, 0.05) is 18.8 Å². The standard InChI is InChI=1S/C19H17Cl2N3O4/c1-27-16-5-3-15(4-6-16)19(28-24(25)26,12-23-9-8-22-13-23)11-14-2-7-17(20)18(21)10-14/h2-10,13H,11-12H2,1H3. The third kappa shape index (κ3) is 4.55. The Hall–Kier alpha value is -2.77. The summed E-state index contributed by atoms with van der Waals surface area (Å²) in [5.41, 5.74) is 0.0464. The monoisotopic (exact) mass is 421 g/mol. The Balaban J connectivity index is 2.09. The van der Waals surface area contributed by atoms with Gasteiger partial charge in [0.1, 0.15) is 5.75 Å². The van der Waals surface area contributed by atoms with E-state index in [4.69, 9.17) is 32.8 Å². The molecule has 1 unspecified atom stereocenters. The molecule has 2 aromatic carbocycles. The molecule has 1 heterocycles. The van der Waals surface area contributed by atoms with Gasteiger partial charge in [0.2, 0.25) is 0 Å². The van der Waals surface area contributed by atoms with Crippen LogP contribution in [0.25, 0.3) is 0 Å². The lowest BCUT2D eigenvalue weighted by atomic mass is 9.86. The molecule has 0 spiro atoms. The molecular weight excluding hydrogens is 405 g/mol. The molecule has 0 aliphatic carbocycles. The maximum absolute atomic E-state index is 11.4. The number of aromatic nitrogens is 2. The molecule has 0 saturated heterocycles. The van der Waals surface area contributed by atoms with E-state index in [0.29, 0.717) is 21.4 Å². The molecule has 1 atom stereocenters. The van der Waals surface area contributed by atoms with E-state index in [-0.39, 0.29) is 13.0 Å². The highest BCUT2D eigenvalue weighted by Crippen LogP contribution is 2.35. The number of ether oxygens (including phenoxy) is 1. The molecule has 7 nitrogen and oxygen atoms in total. The normalized spacial score (nSPS) is 13.0. The van der Waals surface area contributed by atoms with E-state index in [1.807, 2.05) is 0 Å². The van der Waals surface area contributed by atoms with E-state index in [1.54, 1.807) is 72.9 Å². The van der Waals surface area contributed by atoms with Crippen LogP contribution >= 0.6 is 23.2 Å². The first-order valence-electron chi connectivity index (χ1n) is 8.29. The molecule has 0 N–H and O–H groups in total. The van der Waals surface area contributed by atoms with Crippen LogP contribution in [0.1, 0.15) is 11.1 Å². The zero-order valence-corrected chi connectivity index (χ0v) is 16.4. The summed E-state index contributed by atoms with van der Waals surface area (Å²) in [4.78, 5) is 20.8. The third-order valence-electron chi connectivity index (χ3n) is 4.34. The number of methoxy groups -OCH3 is 1. The van der Waals surface area contributed by atoms with E-state index in [1.165, 1.54) is 0 Å². The summed E-state index contributed by atoms with van der Waals surface area (Å²) in [6.07, 6.45) is 5.09. The van der Waals surface area contributed by atoms with E-state index in [9.17, 15) is 10.1 Å². The number of rotatable bonds is 8. The van der Waals surface area contributed by atoms with Crippen LogP contribution in [0.3, 0.4) is 0 Å². The van der Waals surface area contributed by atoms with Crippen LogP contribution in [0.15, 0.2) is 61.2 Å². The molecule has 1 aromatic heterocycles. The first kappa shape index (κ1) is 20.0. The van der Waals surface area contributed by atoms with Crippen LogP contribution in [0.5, 0.6) is 5.75 Å². The van der Waals surface area contributed by atoms with Crippen molar-refractivity contribution in [1.82, 2.24) is 9.55 Å². The summed E-state index contributed by atoms with van der Waals surface area (Å²) >= 11 is 12.1. The molecule has 0 bridgehead atoms. The van der Waals surface area contributed by atoms with Crippen LogP contribution in [0.2, 0.25) is 10.0 Å². The van der Waals surface area contributed by atoms with Crippen molar-refractivity contribution >= 4 is 23.2 Å². The van der Waals surface area contributed by atoms with E-state index in [0.717, 1.165) is 5.56 Å². The fourth-order valence-corrected chi connectivity index (χ4v) is 3.38. The molecule has 0 aliphatic heterocycles. The van der Waals surface area contributed by atoms with Crippen molar-refractivity contribution in [3.8, 4) is 5.75 Å². The molecule has 0 saturated carbocycles. The van der Waals surface area contributed by atoms with Gasteiger partial charge in [-0.3, -0.25) is 0 Å². The van der Waals surface area contributed by atoms with Gasteiger partial charge in [0.05, 0.1) is 30.0 Å². The molecule has 0 aliphatic rings. The van der Waals surface area contributed by atoms with Crippen LogP contribution < -0.4 is 4.74 Å². The Morgan fingerprint density at radius 3 is 2.50 bits per heavy atom.